The maximum atomic E-state index is 11.1. The van der Waals surface area contributed by atoms with Crippen molar-refractivity contribution in [3.8, 4) is 17.5 Å². The summed E-state index contributed by atoms with van der Waals surface area (Å²) in [6.07, 6.45) is 1.15. The van der Waals surface area contributed by atoms with E-state index >= 15 is 0 Å². The molecule has 7 nitrogen and oxygen atoms in total. The van der Waals surface area contributed by atoms with Gasteiger partial charge in [-0.25, -0.2) is 0 Å². The van der Waals surface area contributed by atoms with Crippen LogP contribution in [-0.2, 0) is 0 Å². The fourth-order valence-corrected chi connectivity index (χ4v) is 2.03. The summed E-state index contributed by atoms with van der Waals surface area (Å²) in [4.78, 5) is 18.0. The van der Waals surface area contributed by atoms with Gasteiger partial charge in [-0.05, 0) is 37.1 Å². The van der Waals surface area contributed by atoms with Gasteiger partial charge in [0.05, 0.1) is 12.0 Å². The predicted molar refractivity (Wildman–Crippen MR) is 78.9 cm³/mol. The molecular weight excluding hydrogens is 342 g/mol. The molecule has 0 N–H and O–H groups in total. The molecule has 21 heavy (non-hydrogen) atoms. The van der Waals surface area contributed by atoms with Gasteiger partial charge in [0.2, 0.25) is 0 Å². The Morgan fingerprint density at radius 2 is 1.76 bits per heavy atom. The fourth-order valence-electron chi connectivity index (χ4n) is 1.80. The Balaban J connectivity index is 2.47. The SMILES string of the molecule is COc1ncnc(Oc2cc(C)c(Br)c(C)c2)c1[N+](=O)[O-]. The van der Waals surface area contributed by atoms with Gasteiger partial charge >= 0.3 is 17.4 Å². The molecule has 0 radical (unpaired) electrons. The van der Waals surface area contributed by atoms with Crippen molar-refractivity contribution in [3.63, 3.8) is 0 Å². The van der Waals surface area contributed by atoms with Gasteiger partial charge in [0.1, 0.15) is 12.1 Å². The highest BCUT2D eigenvalue weighted by atomic mass is 79.9. The second-order valence-electron chi connectivity index (χ2n) is 4.27. The Morgan fingerprint density at radius 1 is 1.19 bits per heavy atom. The molecule has 0 fully saturated rings. The highest BCUT2D eigenvalue weighted by molar-refractivity contribution is 9.10. The molecule has 0 saturated carbocycles. The first-order valence-corrected chi connectivity index (χ1v) is 6.71. The largest absolute Gasteiger partial charge is 0.476 e. The minimum Gasteiger partial charge on any atom is -0.476 e. The van der Waals surface area contributed by atoms with Crippen molar-refractivity contribution in [2.45, 2.75) is 13.8 Å². The lowest BCUT2D eigenvalue weighted by molar-refractivity contribution is -0.387. The fraction of sp³-hybridized carbons (Fsp3) is 0.231. The zero-order valence-electron chi connectivity index (χ0n) is 11.6. The average molecular weight is 354 g/mol. The Morgan fingerprint density at radius 3 is 2.29 bits per heavy atom. The average Bonchev–Trinajstić information content (AvgIpc) is 2.44. The van der Waals surface area contributed by atoms with Crippen LogP contribution in [0.2, 0.25) is 0 Å². The molecule has 0 aliphatic rings. The summed E-state index contributed by atoms with van der Waals surface area (Å²) in [6.45, 7) is 3.80. The van der Waals surface area contributed by atoms with Crippen LogP contribution in [-0.4, -0.2) is 22.0 Å². The number of benzene rings is 1. The zero-order valence-corrected chi connectivity index (χ0v) is 13.2. The highest BCUT2D eigenvalue weighted by Gasteiger charge is 2.26. The van der Waals surface area contributed by atoms with Crippen LogP contribution in [0.5, 0.6) is 17.5 Å². The summed E-state index contributed by atoms with van der Waals surface area (Å²) >= 11 is 3.45. The number of hydrogen-bond donors (Lipinski definition) is 0. The van der Waals surface area contributed by atoms with E-state index in [1.165, 1.54) is 7.11 Å². The standard InChI is InChI=1S/C13H12BrN3O4/c1-7-4-9(5-8(2)10(7)14)21-13-11(17(18)19)12(20-3)15-6-16-13/h4-6H,1-3H3. The normalized spacial score (nSPS) is 10.3. The maximum absolute atomic E-state index is 11.1. The molecule has 0 bridgehead atoms. The summed E-state index contributed by atoms with van der Waals surface area (Å²) in [5, 5.41) is 11.1. The van der Waals surface area contributed by atoms with E-state index in [1.807, 2.05) is 13.8 Å². The molecule has 0 aliphatic carbocycles. The van der Waals surface area contributed by atoms with Gasteiger partial charge in [-0.15, -0.1) is 0 Å². The van der Waals surface area contributed by atoms with Crippen LogP contribution in [0.1, 0.15) is 11.1 Å². The minimum atomic E-state index is -0.632. The van der Waals surface area contributed by atoms with Crippen LogP contribution in [0.15, 0.2) is 22.9 Å². The summed E-state index contributed by atoms with van der Waals surface area (Å²) < 4.78 is 11.4. The van der Waals surface area contributed by atoms with Crippen molar-refractivity contribution in [1.82, 2.24) is 9.97 Å². The lowest BCUT2D eigenvalue weighted by atomic mass is 10.1. The molecule has 8 heteroatoms. The number of nitrogens with zero attached hydrogens (tertiary/aromatic N) is 3. The zero-order chi connectivity index (χ0) is 15.6. The van der Waals surface area contributed by atoms with E-state index < -0.39 is 10.6 Å². The molecular formula is C13H12BrN3O4. The summed E-state index contributed by atoms with van der Waals surface area (Å²) in [5.74, 6) is 0.153. The first-order valence-electron chi connectivity index (χ1n) is 5.92. The van der Waals surface area contributed by atoms with Gasteiger partial charge in [-0.3, -0.25) is 10.1 Å². The molecule has 0 aliphatic heterocycles. The molecule has 0 unspecified atom stereocenters. The van der Waals surface area contributed by atoms with Crippen molar-refractivity contribution in [3.05, 3.63) is 44.2 Å². The van der Waals surface area contributed by atoms with Gasteiger partial charge < -0.3 is 9.47 Å². The van der Waals surface area contributed by atoms with E-state index in [1.54, 1.807) is 12.1 Å². The van der Waals surface area contributed by atoms with Crippen LogP contribution in [0.3, 0.4) is 0 Å². The number of rotatable bonds is 4. The third-order valence-electron chi connectivity index (χ3n) is 2.76. The summed E-state index contributed by atoms with van der Waals surface area (Å²) in [7, 11) is 1.30. The Hall–Kier alpha value is -2.22. The number of ether oxygens (including phenoxy) is 2. The number of nitro groups is 1. The van der Waals surface area contributed by atoms with Crippen LogP contribution in [0, 0.1) is 24.0 Å². The molecule has 110 valence electrons. The quantitative estimate of drug-likeness (QED) is 0.616. The van der Waals surface area contributed by atoms with E-state index in [0.29, 0.717) is 5.75 Å². The number of aromatic nitrogens is 2. The van der Waals surface area contributed by atoms with Crippen LogP contribution in [0.4, 0.5) is 5.69 Å². The molecule has 2 rings (SSSR count). The molecule has 2 aromatic rings. The second kappa shape index (κ2) is 6.04. The Bertz CT molecular complexity index is 683. The summed E-state index contributed by atoms with van der Waals surface area (Å²) in [6, 6.07) is 3.52. The van der Waals surface area contributed by atoms with Crippen LogP contribution in [0.25, 0.3) is 0 Å². The van der Waals surface area contributed by atoms with E-state index in [-0.39, 0.29) is 11.8 Å². The molecule has 1 aromatic heterocycles. The number of methoxy groups -OCH3 is 1. The van der Waals surface area contributed by atoms with E-state index in [9.17, 15) is 10.1 Å². The molecule has 0 saturated heterocycles. The monoisotopic (exact) mass is 353 g/mol. The van der Waals surface area contributed by atoms with Gasteiger partial charge in [0.25, 0.3) is 0 Å². The van der Waals surface area contributed by atoms with Crippen LogP contribution >= 0.6 is 15.9 Å². The first kappa shape index (κ1) is 15.2. The van der Waals surface area contributed by atoms with Gasteiger partial charge in [0, 0.05) is 4.47 Å². The van der Waals surface area contributed by atoms with Crippen molar-refractivity contribution in [2.75, 3.05) is 7.11 Å². The van der Waals surface area contributed by atoms with E-state index in [4.69, 9.17) is 9.47 Å². The van der Waals surface area contributed by atoms with Crippen molar-refractivity contribution >= 4 is 21.6 Å². The Labute approximate surface area is 129 Å². The molecule has 1 heterocycles. The number of hydrogen-bond acceptors (Lipinski definition) is 6. The molecule has 0 atom stereocenters. The van der Waals surface area contributed by atoms with Crippen molar-refractivity contribution in [1.29, 1.82) is 0 Å². The number of halogens is 1. The first-order chi connectivity index (χ1) is 9.93. The molecule has 1 aromatic carbocycles. The van der Waals surface area contributed by atoms with Crippen molar-refractivity contribution < 1.29 is 14.4 Å². The van der Waals surface area contributed by atoms with Crippen LogP contribution < -0.4 is 9.47 Å². The third-order valence-corrected chi connectivity index (χ3v) is 4.01. The highest BCUT2D eigenvalue weighted by Crippen LogP contribution is 2.36. The van der Waals surface area contributed by atoms with E-state index in [0.717, 1.165) is 21.9 Å². The van der Waals surface area contributed by atoms with Gasteiger partial charge in [-0.2, -0.15) is 9.97 Å². The lowest BCUT2D eigenvalue weighted by Crippen LogP contribution is -2.01. The van der Waals surface area contributed by atoms with E-state index in [2.05, 4.69) is 25.9 Å². The van der Waals surface area contributed by atoms with Gasteiger partial charge in [0.15, 0.2) is 0 Å². The third kappa shape index (κ3) is 3.10. The Kier molecular flexibility index (Phi) is 4.37. The predicted octanol–water partition coefficient (Wildman–Crippen LogP) is 3.57. The smallest absolute Gasteiger partial charge is 0.392 e. The maximum Gasteiger partial charge on any atom is 0.392 e. The van der Waals surface area contributed by atoms with Gasteiger partial charge in [-0.1, -0.05) is 15.9 Å². The van der Waals surface area contributed by atoms with Crippen molar-refractivity contribution in [2.24, 2.45) is 0 Å². The number of aryl methyl sites for hydroxylation is 2. The lowest BCUT2D eigenvalue weighted by Gasteiger charge is -2.10. The topological polar surface area (TPSA) is 87.4 Å². The minimum absolute atomic E-state index is 0.143. The molecule has 0 amide bonds. The summed E-state index contributed by atoms with van der Waals surface area (Å²) in [5.41, 5.74) is 1.50. The second-order valence-corrected chi connectivity index (χ2v) is 5.06. The molecule has 0 spiro atoms.